The first-order valence-corrected chi connectivity index (χ1v) is 7.96. The summed E-state index contributed by atoms with van der Waals surface area (Å²) in [6, 6.07) is 11.6. The zero-order chi connectivity index (χ0) is 16.2. The maximum Gasteiger partial charge on any atom is 0.255 e. The van der Waals surface area contributed by atoms with Gasteiger partial charge in [-0.2, -0.15) is 0 Å². The molecule has 0 aliphatic carbocycles. The quantitative estimate of drug-likeness (QED) is 0.798. The second-order valence-corrected chi connectivity index (χ2v) is 6.12. The van der Waals surface area contributed by atoms with Crippen molar-refractivity contribution in [2.24, 2.45) is 0 Å². The van der Waals surface area contributed by atoms with E-state index in [2.05, 4.69) is 21.4 Å². The number of carbonyl (C=O) groups is 1. The van der Waals surface area contributed by atoms with E-state index >= 15 is 0 Å². The Kier molecular flexibility index (Phi) is 4.34. The van der Waals surface area contributed by atoms with E-state index in [1.807, 2.05) is 49.8 Å². The topological polar surface area (TPSA) is 58.1 Å². The largest absolute Gasteiger partial charge is 0.347 e. The van der Waals surface area contributed by atoms with Crippen LogP contribution in [0.15, 0.2) is 54.2 Å². The monoisotopic (exact) mass is 324 g/mol. The van der Waals surface area contributed by atoms with Crippen LogP contribution in [0, 0.1) is 0 Å². The maximum atomic E-state index is 12.3. The molecule has 0 radical (unpaired) electrons. The predicted molar refractivity (Wildman–Crippen MR) is 94.1 cm³/mol. The Morgan fingerprint density at radius 3 is 2.35 bits per heavy atom. The van der Waals surface area contributed by atoms with Gasteiger partial charge in [-0.3, -0.25) is 4.79 Å². The molecule has 0 spiro atoms. The molecule has 0 atom stereocenters. The Morgan fingerprint density at radius 1 is 1.09 bits per heavy atom. The van der Waals surface area contributed by atoms with Crippen LogP contribution in [0.2, 0.25) is 0 Å². The molecule has 2 heterocycles. The molecule has 0 bridgehead atoms. The van der Waals surface area contributed by atoms with Gasteiger partial charge in [0.1, 0.15) is 0 Å². The lowest BCUT2D eigenvalue weighted by atomic mass is 10.1. The highest BCUT2D eigenvalue weighted by molar-refractivity contribution is 7.13. The van der Waals surface area contributed by atoms with E-state index in [0.29, 0.717) is 17.2 Å². The second-order valence-electron chi connectivity index (χ2n) is 5.17. The van der Waals surface area contributed by atoms with Crippen LogP contribution in [-0.2, 0) is 0 Å². The number of benzene rings is 1. The first-order chi connectivity index (χ1) is 11.1. The Bertz CT molecular complexity index is 780. The number of aromatic nitrogens is 2. The zero-order valence-corrected chi connectivity index (χ0v) is 13.7. The number of nitrogens with zero attached hydrogens (tertiary/aromatic N) is 3. The molecule has 5 nitrogen and oxygen atoms in total. The molecule has 0 saturated heterocycles. The lowest BCUT2D eigenvalue weighted by Crippen LogP contribution is -2.15. The molecular weight excluding hydrogens is 308 g/mol. The Labute approximate surface area is 138 Å². The summed E-state index contributed by atoms with van der Waals surface area (Å²) in [5, 5.41) is 4.83. The Hall–Kier alpha value is -2.73. The molecule has 0 aliphatic heterocycles. The second kappa shape index (κ2) is 6.58. The van der Waals surface area contributed by atoms with Gasteiger partial charge in [0.25, 0.3) is 5.91 Å². The van der Waals surface area contributed by atoms with Gasteiger partial charge in [-0.1, -0.05) is 18.2 Å². The van der Waals surface area contributed by atoms with Gasteiger partial charge >= 0.3 is 0 Å². The summed E-state index contributed by atoms with van der Waals surface area (Å²) in [7, 11) is 3.73. The number of nitrogens with one attached hydrogen (secondary N) is 1. The molecular formula is C17H16N4OS. The highest BCUT2D eigenvalue weighted by Gasteiger charge is 2.08. The molecule has 6 heteroatoms. The van der Waals surface area contributed by atoms with Crippen molar-refractivity contribution in [1.29, 1.82) is 0 Å². The highest BCUT2D eigenvalue weighted by Crippen LogP contribution is 2.24. The summed E-state index contributed by atoms with van der Waals surface area (Å²) in [6.45, 7) is 0. The standard InChI is InChI=1S/C17H16N4OS/c1-21(2)17-18-10-14(11-19-17)20-16(22)13-7-5-12(6-8-13)15-4-3-9-23-15/h3-11H,1-2H3,(H,20,22). The summed E-state index contributed by atoms with van der Waals surface area (Å²) in [4.78, 5) is 23.6. The normalized spacial score (nSPS) is 10.3. The number of carbonyl (C=O) groups excluding carboxylic acids is 1. The number of rotatable bonds is 4. The molecule has 0 aliphatic rings. The van der Waals surface area contributed by atoms with Crippen molar-refractivity contribution in [2.75, 3.05) is 24.3 Å². The molecule has 3 rings (SSSR count). The smallest absolute Gasteiger partial charge is 0.255 e. The number of anilines is 2. The van der Waals surface area contributed by atoms with Gasteiger partial charge < -0.3 is 10.2 Å². The number of hydrogen-bond acceptors (Lipinski definition) is 5. The van der Waals surface area contributed by atoms with Crippen LogP contribution >= 0.6 is 11.3 Å². The van der Waals surface area contributed by atoms with Crippen LogP contribution < -0.4 is 10.2 Å². The van der Waals surface area contributed by atoms with Crippen molar-refractivity contribution >= 4 is 28.9 Å². The number of amides is 1. The molecule has 1 N–H and O–H groups in total. The van der Waals surface area contributed by atoms with Crippen LogP contribution in [-0.4, -0.2) is 30.0 Å². The molecule has 1 aromatic carbocycles. The third-order valence-corrected chi connectivity index (χ3v) is 4.17. The minimum Gasteiger partial charge on any atom is -0.347 e. The summed E-state index contributed by atoms with van der Waals surface area (Å²) in [6.07, 6.45) is 3.19. The fourth-order valence-electron chi connectivity index (χ4n) is 2.05. The van der Waals surface area contributed by atoms with Crippen molar-refractivity contribution in [3.05, 3.63) is 59.7 Å². The Morgan fingerprint density at radius 2 is 1.78 bits per heavy atom. The van der Waals surface area contributed by atoms with Gasteiger partial charge in [-0.25, -0.2) is 9.97 Å². The molecule has 23 heavy (non-hydrogen) atoms. The molecule has 0 saturated carbocycles. The SMILES string of the molecule is CN(C)c1ncc(NC(=O)c2ccc(-c3cccs3)cc2)cn1. The molecule has 0 fully saturated rings. The fraction of sp³-hybridized carbons (Fsp3) is 0.118. The van der Waals surface area contributed by atoms with Crippen molar-refractivity contribution < 1.29 is 4.79 Å². The summed E-state index contributed by atoms with van der Waals surface area (Å²) >= 11 is 1.68. The van der Waals surface area contributed by atoms with Gasteiger partial charge in [0, 0.05) is 24.5 Å². The minimum absolute atomic E-state index is 0.177. The third kappa shape index (κ3) is 3.54. The van der Waals surface area contributed by atoms with E-state index in [1.54, 1.807) is 28.6 Å². The van der Waals surface area contributed by atoms with Crippen molar-refractivity contribution in [3.63, 3.8) is 0 Å². The highest BCUT2D eigenvalue weighted by atomic mass is 32.1. The fourth-order valence-corrected chi connectivity index (χ4v) is 2.78. The van der Waals surface area contributed by atoms with Gasteiger partial charge in [0.2, 0.25) is 5.95 Å². The van der Waals surface area contributed by atoms with Crippen molar-refractivity contribution in [2.45, 2.75) is 0 Å². The lowest BCUT2D eigenvalue weighted by Gasteiger charge is -2.10. The van der Waals surface area contributed by atoms with Gasteiger partial charge in [0.15, 0.2) is 0 Å². The van der Waals surface area contributed by atoms with E-state index in [0.717, 1.165) is 5.56 Å². The molecule has 0 unspecified atom stereocenters. The average molecular weight is 324 g/mol. The summed E-state index contributed by atoms with van der Waals surface area (Å²) in [5.41, 5.74) is 2.28. The van der Waals surface area contributed by atoms with Crippen LogP contribution in [0.1, 0.15) is 10.4 Å². The number of thiophene rings is 1. The van der Waals surface area contributed by atoms with Crippen molar-refractivity contribution in [1.82, 2.24) is 9.97 Å². The summed E-state index contributed by atoms with van der Waals surface area (Å²) < 4.78 is 0. The lowest BCUT2D eigenvalue weighted by molar-refractivity contribution is 0.102. The molecule has 2 aromatic heterocycles. The van der Waals surface area contributed by atoms with E-state index in [-0.39, 0.29) is 5.91 Å². The van der Waals surface area contributed by atoms with Crippen LogP contribution in [0.25, 0.3) is 10.4 Å². The number of hydrogen-bond donors (Lipinski definition) is 1. The maximum absolute atomic E-state index is 12.3. The Balaban J connectivity index is 1.70. The van der Waals surface area contributed by atoms with Gasteiger partial charge in [0.05, 0.1) is 18.1 Å². The van der Waals surface area contributed by atoms with Crippen molar-refractivity contribution in [3.8, 4) is 10.4 Å². The van der Waals surface area contributed by atoms with E-state index < -0.39 is 0 Å². The van der Waals surface area contributed by atoms with Gasteiger partial charge in [-0.15, -0.1) is 11.3 Å². The minimum atomic E-state index is -0.177. The summed E-state index contributed by atoms with van der Waals surface area (Å²) in [5.74, 6) is 0.423. The predicted octanol–water partition coefficient (Wildman–Crippen LogP) is 3.52. The van der Waals surface area contributed by atoms with E-state index in [1.165, 1.54) is 4.88 Å². The van der Waals surface area contributed by atoms with Crippen LogP contribution in [0.5, 0.6) is 0 Å². The third-order valence-electron chi connectivity index (χ3n) is 3.25. The molecule has 116 valence electrons. The first kappa shape index (κ1) is 15.2. The van der Waals surface area contributed by atoms with Crippen LogP contribution in [0.3, 0.4) is 0 Å². The van der Waals surface area contributed by atoms with Crippen LogP contribution in [0.4, 0.5) is 11.6 Å². The van der Waals surface area contributed by atoms with E-state index in [9.17, 15) is 4.79 Å². The van der Waals surface area contributed by atoms with Gasteiger partial charge in [-0.05, 0) is 29.1 Å². The van der Waals surface area contributed by atoms with E-state index in [4.69, 9.17) is 0 Å². The first-order valence-electron chi connectivity index (χ1n) is 7.08. The molecule has 1 amide bonds. The zero-order valence-electron chi connectivity index (χ0n) is 12.9. The average Bonchev–Trinajstić information content (AvgIpc) is 3.10. The molecule has 3 aromatic rings.